The predicted octanol–water partition coefficient (Wildman–Crippen LogP) is 4.34. The predicted molar refractivity (Wildman–Crippen MR) is 133 cm³/mol. The second-order valence-corrected chi connectivity index (χ2v) is 9.14. The molecule has 0 N–H and O–H groups in total. The first-order chi connectivity index (χ1) is 16.2. The molecule has 1 aromatic heterocycles. The maximum absolute atomic E-state index is 13.0. The summed E-state index contributed by atoms with van der Waals surface area (Å²) < 4.78 is 0. The van der Waals surface area contributed by atoms with Gasteiger partial charge in [0, 0.05) is 44.8 Å². The molecule has 2 aromatic carbocycles. The van der Waals surface area contributed by atoms with Gasteiger partial charge in [-0.2, -0.15) is 0 Å². The van der Waals surface area contributed by atoms with Crippen LogP contribution in [0.15, 0.2) is 66.7 Å². The van der Waals surface area contributed by atoms with Crippen LogP contribution in [0.3, 0.4) is 0 Å². The molecule has 170 valence electrons. The van der Waals surface area contributed by atoms with Crippen LogP contribution < -0.4 is 9.80 Å². The van der Waals surface area contributed by atoms with Gasteiger partial charge in [0.1, 0.15) is 0 Å². The fourth-order valence-corrected chi connectivity index (χ4v) is 4.65. The molecular formula is C27H31N5O. The van der Waals surface area contributed by atoms with E-state index < -0.39 is 0 Å². The first-order valence-electron chi connectivity index (χ1n) is 12.0. The molecule has 0 spiro atoms. The summed E-state index contributed by atoms with van der Waals surface area (Å²) in [6, 6.07) is 22.3. The van der Waals surface area contributed by atoms with Crippen molar-refractivity contribution in [2.24, 2.45) is 5.92 Å². The Balaban J connectivity index is 1.16. The van der Waals surface area contributed by atoms with Crippen LogP contribution in [-0.2, 0) is 0 Å². The Bertz CT molecular complexity index is 1050. The molecular weight excluding hydrogens is 410 g/mol. The summed E-state index contributed by atoms with van der Waals surface area (Å²) in [4.78, 5) is 19.5. The number of carbonyl (C=O) groups excluding carboxylic acids is 1. The van der Waals surface area contributed by atoms with Gasteiger partial charge in [-0.1, -0.05) is 49.4 Å². The normalized spacial score (nSPS) is 17.3. The number of hydrogen-bond acceptors (Lipinski definition) is 5. The van der Waals surface area contributed by atoms with Crippen LogP contribution in [0.5, 0.6) is 0 Å². The summed E-state index contributed by atoms with van der Waals surface area (Å²) in [5.74, 6) is 2.76. The summed E-state index contributed by atoms with van der Waals surface area (Å²) in [6.07, 6.45) is 2.43. The van der Waals surface area contributed by atoms with E-state index in [1.165, 1.54) is 12.8 Å². The number of rotatable bonds is 4. The fraction of sp³-hybridized carbons (Fsp3) is 0.370. The van der Waals surface area contributed by atoms with Gasteiger partial charge >= 0.3 is 0 Å². The highest BCUT2D eigenvalue weighted by atomic mass is 16.2. The lowest BCUT2D eigenvalue weighted by Gasteiger charge is -2.35. The average molecular weight is 442 g/mol. The minimum atomic E-state index is 0.0926. The molecule has 1 amide bonds. The third-order valence-corrected chi connectivity index (χ3v) is 6.87. The molecule has 0 saturated carbocycles. The number of piperazine rings is 1. The van der Waals surface area contributed by atoms with Gasteiger partial charge in [-0.25, -0.2) is 0 Å². The standard InChI is InChI=1S/C27H31N5O/c1-21-13-15-30(16-14-21)25-11-12-26(29-28-25)31-17-19-32(20-18-31)27(33)24-9-7-23(8-10-24)22-5-3-2-4-6-22/h2-12,21H,13-20H2,1H3. The number of carbonyl (C=O) groups is 1. The van der Waals surface area contributed by atoms with Crippen molar-refractivity contribution in [2.75, 3.05) is 49.1 Å². The van der Waals surface area contributed by atoms with Crippen molar-refractivity contribution >= 4 is 17.5 Å². The van der Waals surface area contributed by atoms with Crippen molar-refractivity contribution in [1.82, 2.24) is 15.1 Å². The Hall–Kier alpha value is -3.41. The number of aromatic nitrogens is 2. The Morgan fingerprint density at radius 2 is 1.24 bits per heavy atom. The second kappa shape index (κ2) is 9.61. The van der Waals surface area contributed by atoms with E-state index in [9.17, 15) is 4.79 Å². The summed E-state index contributed by atoms with van der Waals surface area (Å²) in [5, 5.41) is 8.99. The van der Waals surface area contributed by atoms with Gasteiger partial charge in [0.25, 0.3) is 5.91 Å². The van der Waals surface area contributed by atoms with E-state index in [2.05, 4.69) is 51.2 Å². The molecule has 0 bridgehead atoms. The van der Waals surface area contributed by atoms with Crippen LogP contribution in [0.4, 0.5) is 11.6 Å². The van der Waals surface area contributed by atoms with Crippen LogP contribution in [0, 0.1) is 5.92 Å². The Morgan fingerprint density at radius 1 is 0.697 bits per heavy atom. The number of anilines is 2. The van der Waals surface area contributed by atoms with Gasteiger partial charge in [0.15, 0.2) is 11.6 Å². The monoisotopic (exact) mass is 441 g/mol. The second-order valence-electron chi connectivity index (χ2n) is 9.14. The largest absolute Gasteiger partial charge is 0.355 e. The molecule has 2 aliphatic heterocycles. The molecule has 0 radical (unpaired) electrons. The molecule has 3 heterocycles. The topological polar surface area (TPSA) is 52.6 Å². The van der Waals surface area contributed by atoms with Gasteiger partial charge < -0.3 is 14.7 Å². The third-order valence-electron chi connectivity index (χ3n) is 6.87. The third kappa shape index (κ3) is 4.85. The summed E-state index contributed by atoms with van der Waals surface area (Å²) >= 11 is 0. The van der Waals surface area contributed by atoms with Crippen LogP contribution in [0.2, 0.25) is 0 Å². The Kier molecular flexibility index (Phi) is 6.24. The Morgan fingerprint density at radius 3 is 1.82 bits per heavy atom. The highest BCUT2D eigenvalue weighted by Crippen LogP contribution is 2.23. The van der Waals surface area contributed by atoms with Crippen LogP contribution in [0.25, 0.3) is 11.1 Å². The van der Waals surface area contributed by atoms with E-state index in [-0.39, 0.29) is 5.91 Å². The number of amides is 1. The lowest BCUT2D eigenvalue weighted by molar-refractivity contribution is 0.0746. The quantitative estimate of drug-likeness (QED) is 0.603. The van der Waals surface area contributed by atoms with E-state index in [1.807, 2.05) is 47.4 Å². The zero-order chi connectivity index (χ0) is 22.6. The number of hydrogen-bond donors (Lipinski definition) is 0. The number of benzene rings is 2. The molecule has 2 aliphatic rings. The Labute approximate surface area is 195 Å². The van der Waals surface area contributed by atoms with Crippen molar-refractivity contribution in [1.29, 1.82) is 0 Å². The fourth-order valence-electron chi connectivity index (χ4n) is 4.65. The maximum atomic E-state index is 13.0. The van der Waals surface area contributed by atoms with Crippen molar-refractivity contribution in [3.05, 3.63) is 72.3 Å². The van der Waals surface area contributed by atoms with E-state index in [0.29, 0.717) is 13.1 Å². The lowest BCUT2D eigenvalue weighted by atomic mass is 9.99. The zero-order valence-electron chi connectivity index (χ0n) is 19.2. The van der Waals surface area contributed by atoms with Gasteiger partial charge in [-0.05, 0) is 54.2 Å². The molecule has 0 atom stereocenters. The molecule has 2 fully saturated rings. The first-order valence-corrected chi connectivity index (χ1v) is 12.0. The van der Waals surface area contributed by atoms with Crippen molar-refractivity contribution in [3.8, 4) is 11.1 Å². The number of piperidine rings is 1. The maximum Gasteiger partial charge on any atom is 0.253 e. The summed E-state index contributed by atoms with van der Waals surface area (Å²) in [5.41, 5.74) is 3.02. The molecule has 6 nitrogen and oxygen atoms in total. The van der Waals surface area contributed by atoms with E-state index >= 15 is 0 Å². The van der Waals surface area contributed by atoms with Crippen LogP contribution >= 0.6 is 0 Å². The molecule has 3 aromatic rings. The van der Waals surface area contributed by atoms with Crippen molar-refractivity contribution < 1.29 is 4.79 Å². The molecule has 0 aliphatic carbocycles. The first kappa shape index (κ1) is 21.4. The molecule has 6 heteroatoms. The lowest BCUT2D eigenvalue weighted by Crippen LogP contribution is -2.49. The highest BCUT2D eigenvalue weighted by molar-refractivity contribution is 5.95. The van der Waals surface area contributed by atoms with Gasteiger partial charge in [0.2, 0.25) is 0 Å². The van der Waals surface area contributed by atoms with E-state index in [1.54, 1.807) is 0 Å². The van der Waals surface area contributed by atoms with Gasteiger partial charge in [-0.15, -0.1) is 10.2 Å². The minimum absolute atomic E-state index is 0.0926. The van der Waals surface area contributed by atoms with Crippen molar-refractivity contribution in [3.63, 3.8) is 0 Å². The van der Waals surface area contributed by atoms with Gasteiger partial charge in [0.05, 0.1) is 0 Å². The average Bonchev–Trinajstić information content (AvgIpc) is 2.90. The van der Waals surface area contributed by atoms with Gasteiger partial charge in [-0.3, -0.25) is 4.79 Å². The molecule has 5 rings (SSSR count). The highest BCUT2D eigenvalue weighted by Gasteiger charge is 2.24. The van der Waals surface area contributed by atoms with E-state index in [0.717, 1.165) is 60.4 Å². The molecule has 2 saturated heterocycles. The summed E-state index contributed by atoms with van der Waals surface area (Å²) in [6.45, 7) is 7.34. The van der Waals surface area contributed by atoms with Crippen molar-refractivity contribution in [2.45, 2.75) is 19.8 Å². The SMILES string of the molecule is CC1CCN(c2ccc(N3CCN(C(=O)c4ccc(-c5ccccc5)cc4)CC3)nn2)CC1. The summed E-state index contributed by atoms with van der Waals surface area (Å²) in [7, 11) is 0. The zero-order valence-corrected chi connectivity index (χ0v) is 19.2. The van der Waals surface area contributed by atoms with Crippen LogP contribution in [0.1, 0.15) is 30.1 Å². The number of nitrogens with zero attached hydrogens (tertiary/aromatic N) is 5. The molecule has 0 unspecified atom stereocenters. The van der Waals surface area contributed by atoms with Crippen LogP contribution in [-0.4, -0.2) is 60.3 Å². The molecule has 33 heavy (non-hydrogen) atoms. The minimum Gasteiger partial charge on any atom is -0.355 e. The van der Waals surface area contributed by atoms with E-state index in [4.69, 9.17) is 0 Å². The smallest absolute Gasteiger partial charge is 0.253 e.